The summed E-state index contributed by atoms with van der Waals surface area (Å²) in [5.74, 6) is 0.184. The Labute approximate surface area is 144 Å². The molecule has 1 atom stereocenters. The first-order valence-electron chi connectivity index (χ1n) is 8.06. The van der Waals surface area contributed by atoms with Crippen LogP contribution in [0.2, 0.25) is 0 Å². The standard InChI is InChI=1S/C16H18FN5O2S/c1-9-15(10(2)21-20-9)25(23,24)22-7-3-4-14(22)16-18-12-6-5-11(17)8-13(12)19-16/h5-6,8,14H,3-4,7H2,1-2H3,(H,18,19)(H,20,21). The van der Waals surface area contributed by atoms with Gasteiger partial charge in [-0.05, 0) is 44.9 Å². The summed E-state index contributed by atoms with van der Waals surface area (Å²) in [6.45, 7) is 3.79. The molecule has 1 aliphatic rings. The molecule has 0 amide bonds. The molecule has 0 spiro atoms. The van der Waals surface area contributed by atoms with Crippen LogP contribution in [0.5, 0.6) is 0 Å². The maximum Gasteiger partial charge on any atom is 0.247 e. The van der Waals surface area contributed by atoms with E-state index >= 15 is 0 Å². The molecule has 1 fully saturated rings. The van der Waals surface area contributed by atoms with Crippen LogP contribution in [0.15, 0.2) is 23.1 Å². The molecular weight excluding hydrogens is 345 g/mol. The number of fused-ring (bicyclic) bond motifs is 1. The summed E-state index contributed by atoms with van der Waals surface area (Å²) in [6, 6.07) is 3.90. The van der Waals surface area contributed by atoms with Crippen molar-refractivity contribution in [3.05, 3.63) is 41.2 Å². The lowest BCUT2D eigenvalue weighted by Crippen LogP contribution is -2.31. The lowest BCUT2D eigenvalue weighted by Gasteiger charge is -2.22. The highest BCUT2D eigenvalue weighted by molar-refractivity contribution is 7.89. The molecule has 0 saturated carbocycles. The minimum absolute atomic E-state index is 0.224. The summed E-state index contributed by atoms with van der Waals surface area (Å²) in [5.41, 5.74) is 2.16. The maximum atomic E-state index is 13.4. The molecule has 7 nitrogen and oxygen atoms in total. The lowest BCUT2D eigenvalue weighted by atomic mass is 10.2. The number of nitrogens with one attached hydrogen (secondary N) is 2. The number of hydrogen-bond acceptors (Lipinski definition) is 4. The molecule has 2 N–H and O–H groups in total. The van der Waals surface area contributed by atoms with Crippen LogP contribution < -0.4 is 0 Å². The van der Waals surface area contributed by atoms with E-state index in [0.717, 1.165) is 6.42 Å². The largest absolute Gasteiger partial charge is 0.341 e. The van der Waals surface area contributed by atoms with Crippen LogP contribution in [0, 0.1) is 19.7 Å². The zero-order valence-corrected chi connectivity index (χ0v) is 14.7. The van der Waals surface area contributed by atoms with Gasteiger partial charge in [0.2, 0.25) is 10.0 Å². The number of rotatable bonds is 3. The highest BCUT2D eigenvalue weighted by atomic mass is 32.2. The highest BCUT2D eigenvalue weighted by Crippen LogP contribution is 2.37. The predicted molar refractivity (Wildman–Crippen MR) is 90.0 cm³/mol. The minimum atomic E-state index is -3.69. The fourth-order valence-electron chi connectivity index (χ4n) is 3.50. The third-order valence-corrected chi connectivity index (χ3v) is 6.78. The molecule has 0 bridgehead atoms. The van der Waals surface area contributed by atoms with E-state index in [9.17, 15) is 12.8 Å². The lowest BCUT2D eigenvalue weighted by molar-refractivity contribution is 0.385. The van der Waals surface area contributed by atoms with Crippen molar-refractivity contribution >= 4 is 21.1 Å². The molecule has 4 rings (SSSR count). The molecule has 3 heterocycles. The molecule has 1 aromatic carbocycles. The molecular formula is C16H18FN5O2S. The number of nitrogens with zero attached hydrogens (tertiary/aromatic N) is 3. The van der Waals surface area contributed by atoms with Crippen LogP contribution in [-0.4, -0.2) is 39.4 Å². The van der Waals surface area contributed by atoms with Crippen molar-refractivity contribution < 1.29 is 12.8 Å². The zero-order valence-electron chi connectivity index (χ0n) is 13.9. The summed E-state index contributed by atoms with van der Waals surface area (Å²) in [5, 5.41) is 6.73. The fraction of sp³-hybridized carbons (Fsp3) is 0.375. The van der Waals surface area contributed by atoms with E-state index in [1.165, 1.54) is 16.4 Å². The van der Waals surface area contributed by atoms with Crippen LogP contribution in [0.4, 0.5) is 4.39 Å². The number of aromatic nitrogens is 4. The van der Waals surface area contributed by atoms with Gasteiger partial charge in [0.25, 0.3) is 0 Å². The van der Waals surface area contributed by atoms with Gasteiger partial charge in [-0.25, -0.2) is 17.8 Å². The number of benzene rings is 1. The summed E-state index contributed by atoms with van der Waals surface area (Å²) < 4.78 is 41.2. The predicted octanol–water partition coefficient (Wildman–Crippen LogP) is 2.57. The van der Waals surface area contributed by atoms with Gasteiger partial charge < -0.3 is 4.98 Å². The molecule has 3 aromatic rings. The number of H-pyrrole nitrogens is 2. The van der Waals surface area contributed by atoms with Crippen molar-refractivity contribution in [1.82, 2.24) is 24.5 Å². The van der Waals surface area contributed by atoms with Gasteiger partial charge in [0.1, 0.15) is 16.5 Å². The first-order valence-corrected chi connectivity index (χ1v) is 9.50. The van der Waals surface area contributed by atoms with Gasteiger partial charge >= 0.3 is 0 Å². The van der Waals surface area contributed by atoms with E-state index in [2.05, 4.69) is 20.2 Å². The van der Waals surface area contributed by atoms with E-state index in [1.807, 2.05) is 0 Å². The van der Waals surface area contributed by atoms with Crippen LogP contribution >= 0.6 is 0 Å². The van der Waals surface area contributed by atoms with E-state index < -0.39 is 16.1 Å². The average Bonchev–Trinajstić information content (AvgIpc) is 3.24. The Morgan fingerprint density at radius 1 is 1.32 bits per heavy atom. The fourth-order valence-corrected chi connectivity index (χ4v) is 5.49. The van der Waals surface area contributed by atoms with Gasteiger partial charge in [-0.1, -0.05) is 0 Å². The number of aromatic amines is 2. The molecule has 0 aliphatic carbocycles. The molecule has 2 aromatic heterocycles. The van der Waals surface area contributed by atoms with Crippen molar-refractivity contribution in [2.75, 3.05) is 6.54 Å². The SMILES string of the molecule is Cc1n[nH]c(C)c1S(=O)(=O)N1CCCC1c1nc2ccc(F)cc2[nH]1. The number of halogens is 1. The Kier molecular flexibility index (Phi) is 3.66. The van der Waals surface area contributed by atoms with Crippen molar-refractivity contribution in [2.24, 2.45) is 0 Å². The summed E-state index contributed by atoms with van der Waals surface area (Å²) >= 11 is 0. The van der Waals surface area contributed by atoms with Crippen molar-refractivity contribution in [2.45, 2.75) is 37.6 Å². The Bertz CT molecular complexity index is 1040. The van der Waals surface area contributed by atoms with Crippen molar-refractivity contribution in [1.29, 1.82) is 0 Å². The monoisotopic (exact) mass is 363 g/mol. The Balaban J connectivity index is 1.77. The second kappa shape index (κ2) is 5.63. The van der Waals surface area contributed by atoms with Gasteiger partial charge in [-0.15, -0.1) is 0 Å². The average molecular weight is 363 g/mol. The quantitative estimate of drug-likeness (QED) is 0.748. The van der Waals surface area contributed by atoms with E-state index in [0.29, 0.717) is 41.2 Å². The third kappa shape index (κ3) is 2.54. The minimum Gasteiger partial charge on any atom is -0.341 e. The highest BCUT2D eigenvalue weighted by Gasteiger charge is 2.39. The topological polar surface area (TPSA) is 94.7 Å². The smallest absolute Gasteiger partial charge is 0.247 e. The molecule has 1 unspecified atom stereocenters. The van der Waals surface area contributed by atoms with Crippen LogP contribution in [0.25, 0.3) is 11.0 Å². The molecule has 1 saturated heterocycles. The normalized spacial score (nSPS) is 19.1. The van der Waals surface area contributed by atoms with Gasteiger partial charge in [0.15, 0.2) is 0 Å². The van der Waals surface area contributed by atoms with Gasteiger partial charge in [0, 0.05) is 6.54 Å². The summed E-state index contributed by atoms with van der Waals surface area (Å²) in [7, 11) is -3.69. The summed E-state index contributed by atoms with van der Waals surface area (Å²) in [6.07, 6.45) is 1.41. The molecule has 0 radical (unpaired) electrons. The zero-order chi connectivity index (χ0) is 17.8. The van der Waals surface area contributed by atoms with Crippen LogP contribution in [0.1, 0.15) is 36.1 Å². The second-order valence-electron chi connectivity index (χ2n) is 6.32. The number of hydrogen-bond donors (Lipinski definition) is 2. The van der Waals surface area contributed by atoms with E-state index in [4.69, 9.17) is 0 Å². The van der Waals surface area contributed by atoms with Crippen LogP contribution in [-0.2, 0) is 10.0 Å². The molecule has 25 heavy (non-hydrogen) atoms. The first-order chi connectivity index (χ1) is 11.9. The first kappa shape index (κ1) is 16.2. The Morgan fingerprint density at radius 3 is 2.84 bits per heavy atom. The third-order valence-electron chi connectivity index (χ3n) is 4.61. The van der Waals surface area contributed by atoms with Crippen molar-refractivity contribution in [3.8, 4) is 0 Å². The Morgan fingerprint density at radius 2 is 2.12 bits per heavy atom. The van der Waals surface area contributed by atoms with Gasteiger partial charge in [0.05, 0.1) is 28.5 Å². The second-order valence-corrected chi connectivity index (χ2v) is 8.15. The van der Waals surface area contributed by atoms with E-state index in [1.54, 1.807) is 19.9 Å². The van der Waals surface area contributed by atoms with Gasteiger partial charge in [-0.2, -0.15) is 9.40 Å². The number of imidazole rings is 1. The van der Waals surface area contributed by atoms with Crippen molar-refractivity contribution in [3.63, 3.8) is 0 Å². The number of sulfonamides is 1. The van der Waals surface area contributed by atoms with Crippen LogP contribution in [0.3, 0.4) is 0 Å². The maximum absolute atomic E-state index is 13.4. The molecule has 132 valence electrons. The summed E-state index contributed by atoms with van der Waals surface area (Å²) in [4.78, 5) is 7.77. The molecule has 1 aliphatic heterocycles. The number of aryl methyl sites for hydroxylation is 2. The van der Waals surface area contributed by atoms with Gasteiger partial charge in [-0.3, -0.25) is 5.10 Å². The van der Waals surface area contributed by atoms with E-state index in [-0.39, 0.29) is 10.7 Å². The Hall–Kier alpha value is -2.26. The molecule has 9 heteroatoms.